The molecule has 21 heavy (non-hydrogen) atoms. The molecular formula is C12H15N3O5S. The molecule has 2 N–H and O–H groups in total. The summed E-state index contributed by atoms with van der Waals surface area (Å²) in [5.41, 5.74) is 1.46. The van der Waals surface area contributed by atoms with E-state index in [1.54, 1.807) is 13.8 Å². The van der Waals surface area contributed by atoms with Crippen LogP contribution in [0.5, 0.6) is 0 Å². The van der Waals surface area contributed by atoms with E-state index >= 15 is 0 Å². The number of aromatic nitrogens is 1. The second kappa shape index (κ2) is 5.70. The minimum atomic E-state index is -3.70. The van der Waals surface area contributed by atoms with Crippen LogP contribution in [0.25, 0.3) is 0 Å². The number of nitrogens with one attached hydrogen (secondary N) is 2. The Morgan fingerprint density at radius 1 is 1.33 bits per heavy atom. The SMILES string of the molecule is CNS(=O)(=O)c1ccc(C(=O)NCc2c(C)noc2C)o1. The summed E-state index contributed by atoms with van der Waals surface area (Å²) in [5.74, 6) is 0.00818. The van der Waals surface area contributed by atoms with Gasteiger partial charge in [-0.1, -0.05) is 5.16 Å². The predicted molar refractivity (Wildman–Crippen MR) is 72.1 cm³/mol. The van der Waals surface area contributed by atoms with Crippen LogP contribution in [0.1, 0.15) is 27.6 Å². The molecule has 0 unspecified atom stereocenters. The fraction of sp³-hybridized carbons (Fsp3) is 0.333. The summed E-state index contributed by atoms with van der Waals surface area (Å²) < 4.78 is 35.1. The van der Waals surface area contributed by atoms with Crippen molar-refractivity contribution in [3.63, 3.8) is 0 Å². The number of amides is 1. The van der Waals surface area contributed by atoms with E-state index < -0.39 is 15.9 Å². The largest absolute Gasteiger partial charge is 0.438 e. The zero-order valence-corrected chi connectivity index (χ0v) is 12.6. The second-order valence-electron chi connectivity index (χ2n) is 4.31. The number of nitrogens with zero attached hydrogens (tertiary/aromatic N) is 1. The summed E-state index contributed by atoms with van der Waals surface area (Å²) in [6, 6.07) is 2.52. The van der Waals surface area contributed by atoms with Crippen LogP contribution >= 0.6 is 0 Å². The average molecular weight is 313 g/mol. The van der Waals surface area contributed by atoms with Crippen molar-refractivity contribution >= 4 is 15.9 Å². The van der Waals surface area contributed by atoms with Crippen LogP contribution in [0, 0.1) is 13.8 Å². The first-order valence-electron chi connectivity index (χ1n) is 6.08. The number of aryl methyl sites for hydroxylation is 2. The summed E-state index contributed by atoms with van der Waals surface area (Å²) in [6.07, 6.45) is 0. The molecule has 0 saturated heterocycles. The van der Waals surface area contributed by atoms with E-state index in [1.165, 1.54) is 19.2 Å². The molecule has 0 atom stereocenters. The highest BCUT2D eigenvalue weighted by Crippen LogP contribution is 2.15. The molecule has 0 spiro atoms. The van der Waals surface area contributed by atoms with Gasteiger partial charge in [-0.05, 0) is 33.0 Å². The van der Waals surface area contributed by atoms with Gasteiger partial charge in [0.05, 0.1) is 5.69 Å². The van der Waals surface area contributed by atoms with E-state index in [9.17, 15) is 13.2 Å². The molecule has 9 heteroatoms. The number of carbonyl (C=O) groups is 1. The van der Waals surface area contributed by atoms with Gasteiger partial charge >= 0.3 is 0 Å². The van der Waals surface area contributed by atoms with Crippen molar-refractivity contribution in [1.82, 2.24) is 15.2 Å². The molecule has 2 rings (SSSR count). The van der Waals surface area contributed by atoms with Gasteiger partial charge in [-0.3, -0.25) is 4.79 Å². The molecule has 1 amide bonds. The van der Waals surface area contributed by atoms with Crippen LogP contribution in [0.15, 0.2) is 26.2 Å². The van der Waals surface area contributed by atoms with Crippen LogP contribution in [0.4, 0.5) is 0 Å². The lowest BCUT2D eigenvalue weighted by Crippen LogP contribution is -2.23. The maximum atomic E-state index is 11.9. The number of hydrogen-bond acceptors (Lipinski definition) is 6. The van der Waals surface area contributed by atoms with Crippen molar-refractivity contribution in [3.05, 3.63) is 34.9 Å². The van der Waals surface area contributed by atoms with Crippen molar-refractivity contribution in [1.29, 1.82) is 0 Å². The quantitative estimate of drug-likeness (QED) is 0.840. The Hall–Kier alpha value is -2.13. The first-order valence-corrected chi connectivity index (χ1v) is 7.57. The molecule has 114 valence electrons. The molecule has 0 bridgehead atoms. The topological polar surface area (TPSA) is 114 Å². The number of rotatable bonds is 5. The van der Waals surface area contributed by atoms with Gasteiger partial charge in [0.15, 0.2) is 5.76 Å². The molecule has 2 aromatic rings. The summed E-state index contributed by atoms with van der Waals surface area (Å²) in [4.78, 5) is 11.9. The maximum Gasteiger partial charge on any atom is 0.287 e. The number of hydrogen-bond donors (Lipinski definition) is 2. The smallest absolute Gasteiger partial charge is 0.287 e. The van der Waals surface area contributed by atoms with Crippen LogP contribution in [0.3, 0.4) is 0 Å². The van der Waals surface area contributed by atoms with Gasteiger partial charge in [-0.2, -0.15) is 0 Å². The molecule has 0 aliphatic carbocycles. The fourth-order valence-corrected chi connectivity index (χ4v) is 2.35. The van der Waals surface area contributed by atoms with E-state index in [2.05, 4.69) is 15.2 Å². The molecule has 2 heterocycles. The number of carbonyl (C=O) groups excluding carboxylic acids is 1. The van der Waals surface area contributed by atoms with Gasteiger partial charge in [0, 0.05) is 12.1 Å². The molecule has 0 aliphatic heterocycles. The summed E-state index contributed by atoms with van der Waals surface area (Å²) in [5, 5.41) is 6.08. The summed E-state index contributed by atoms with van der Waals surface area (Å²) in [6.45, 7) is 3.73. The Balaban J connectivity index is 2.08. The highest BCUT2D eigenvalue weighted by Gasteiger charge is 2.20. The van der Waals surface area contributed by atoms with Gasteiger partial charge in [0.1, 0.15) is 5.76 Å². The molecule has 0 radical (unpaired) electrons. The Kier molecular flexibility index (Phi) is 4.14. The van der Waals surface area contributed by atoms with Gasteiger partial charge in [-0.25, -0.2) is 13.1 Å². The lowest BCUT2D eigenvalue weighted by molar-refractivity contribution is 0.0917. The van der Waals surface area contributed by atoms with Crippen molar-refractivity contribution < 1.29 is 22.2 Å². The normalized spacial score (nSPS) is 11.6. The van der Waals surface area contributed by atoms with Crippen molar-refractivity contribution in [2.24, 2.45) is 0 Å². The minimum Gasteiger partial charge on any atom is -0.438 e. The Morgan fingerprint density at radius 2 is 2.05 bits per heavy atom. The van der Waals surface area contributed by atoms with Gasteiger partial charge in [0.25, 0.3) is 15.9 Å². The third-order valence-corrected chi connectivity index (χ3v) is 4.23. The van der Waals surface area contributed by atoms with E-state index in [1.807, 2.05) is 0 Å². The standard InChI is InChI=1S/C12H15N3O5S/c1-7-9(8(2)20-15-7)6-14-12(16)10-4-5-11(19-10)21(17,18)13-3/h4-5,13H,6H2,1-3H3,(H,14,16). The molecule has 0 aromatic carbocycles. The first kappa shape index (κ1) is 15.3. The summed E-state index contributed by atoms with van der Waals surface area (Å²) >= 11 is 0. The van der Waals surface area contributed by atoms with Crippen LogP contribution in [-0.2, 0) is 16.6 Å². The lowest BCUT2D eigenvalue weighted by Gasteiger charge is -2.02. The van der Waals surface area contributed by atoms with E-state index in [0.717, 1.165) is 5.56 Å². The van der Waals surface area contributed by atoms with E-state index in [0.29, 0.717) is 11.5 Å². The Morgan fingerprint density at radius 3 is 2.62 bits per heavy atom. The van der Waals surface area contributed by atoms with Gasteiger partial charge in [-0.15, -0.1) is 0 Å². The molecule has 0 fully saturated rings. The van der Waals surface area contributed by atoms with Gasteiger partial charge in [0.2, 0.25) is 5.09 Å². The zero-order chi connectivity index (χ0) is 15.6. The lowest BCUT2D eigenvalue weighted by atomic mass is 10.2. The zero-order valence-electron chi connectivity index (χ0n) is 11.8. The minimum absolute atomic E-state index is 0.0874. The Labute approximate surface area is 121 Å². The molecule has 8 nitrogen and oxygen atoms in total. The molecule has 0 aliphatic rings. The van der Waals surface area contributed by atoms with Gasteiger partial charge < -0.3 is 14.3 Å². The average Bonchev–Trinajstić information content (AvgIpc) is 3.05. The third kappa shape index (κ3) is 3.14. The van der Waals surface area contributed by atoms with Crippen LogP contribution in [0.2, 0.25) is 0 Å². The summed E-state index contributed by atoms with van der Waals surface area (Å²) in [7, 11) is -2.45. The fourth-order valence-electron chi connectivity index (χ4n) is 1.70. The second-order valence-corrected chi connectivity index (χ2v) is 6.13. The maximum absolute atomic E-state index is 11.9. The number of furan rings is 1. The monoisotopic (exact) mass is 313 g/mol. The molecule has 2 aromatic heterocycles. The van der Waals surface area contributed by atoms with Crippen molar-refractivity contribution in [2.45, 2.75) is 25.5 Å². The highest BCUT2D eigenvalue weighted by atomic mass is 32.2. The first-order chi connectivity index (χ1) is 9.85. The van der Waals surface area contributed by atoms with E-state index in [4.69, 9.17) is 8.94 Å². The Bertz CT molecular complexity index is 740. The third-order valence-electron chi connectivity index (χ3n) is 2.95. The van der Waals surface area contributed by atoms with Crippen LogP contribution in [-0.4, -0.2) is 26.5 Å². The van der Waals surface area contributed by atoms with Crippen molar-refractivity contribution in [3.8, 4) is 0 Å². The highest BCUT2D eigenvalue weighted by molar-refractivity contribution is 7.89. The molecular weight excluding hydrogens is 298 g/mol. The number of sulfonamides is 1. The van der Waals surface area contributed by atoms with Crippen molar-refractivity contribution in [2.75, 3.05) is 7.05 Å². The van der Waals surface area contributed by atoms with Crippen LogP contribution < -0.4 is 10.0 Å². The van der Waals surface area contributed by atoms with E-state index in [-0.39, 0.29) is 17.4 Å². The molecule has 0 saturated carbocycles. The predicted octanol–water partition coefficient (Wildman–Crippen LogP) is 0.723.